The summed E-state index contributed by atoms with van der Waals surface area (Å²) in [4.78, 5) is 10.1. The topological polar surface area (TPSA) is 110 Å². The molecule has 0 aliphatic carbocycles. The molecule has 8 heteroatoms. The molecule has 0 radical (unpaired) electrons. The normalized spacial score (nSPS) is 23.1. The molecule has 7 nitrogen and oxygen atoms in total. The average Bonchev–Trinajstić information content (AvgIpc) is 1.91. The summed E-state index contributed by atoms with van der Waals surface area (Å²) >= 11 is 0. The van der Waals surface area contributed by atoms with Crippen molar-refractivity contribution in [3.05, 3.63) is 0 Å². The van der Waals surface area contributed by atoms with Crippen LogP contribution in [0.2, 0.25) is 0 Å². The van der Waals surface area contributed by atoms with Crippen LogP contribution < -0.4 is 5.14 Å². The van der Waals surface area contributed by atoms with E-state index in [-0.39, 0.29) is 12.6 Å². The van der Waals surface area contributed by atoms with Crippen molar-refractivity contribution in [1.82, 2.24) is 4.31 Å². The first-order chi connectivity index (χ1) is 6.41. The van der Waals surface area contributed by atoms with Crippen LogP contribution in [0.3, 0.4) is 0 Å². The van der Waals surface area contributed by atoms with Gasteiger partial charge in [-0.25, -0.2) is 9.93 Å². The van der Waals surface area contributed by atoms with E-state index in [9.17, 15) is 13.2 Å². The third-order valence-corrected chi connectivity index (χ3v) is 3.09. The Labute approximate surface area is 81.6 Å². The molecule has 0 bridgehead atoms. The van der Waals surface area contributed by atoms with Crippen LogP contribution in [0.25, 0.3) is 0 Å². The van der Waals surface area contributed by atoms with Gasteiger partial charge < -0.3 is 9.84 Å². The molecule has 0 aromatic rings. The fraction of sp³-hybridized carbons (Fsp3) is 0.833. The Balaban J connectivity index is 2.30. The van der Waals surface area contributed by atoms with E-state index >= 15 is 0 Å². The summed E-state index contributed by atoms with van der Waals surface area (Å²) in [5, 5.41) is 13.2. The first-order valence-corrected chi connectivity index (χ1v) is 5.50. The summed E-state index contributed by atoms with van der Waals surface area (Å²) in [5.41, 5.74) is 0. The Morgan fingerprint density at radius 1 is 1.64 bits per heavy atom. The molecule has 0 aromatic heterocycles. The van der Waals surface area contributed by atoms with Gasteiger partial charge in [0.05, 0.1) is 12.6 Å². The fourth-order valence-corrected chi connectivity index (χ4v) is 2.14. The van der Waals surface area contributed by atoms with Crippen molar-refractivity contribution in [2.24, 2.45) is 5.14 Å². The van der Waals surface area contributed by atoms with Gasteiger partial charge in [-0.3, -0.25) is 0 Å². The standard InChI is InChI=1S/C6H12N2O5S/c7-14(11,12)8-2-1-5(8)3-13-4-6(9)10/h5H,1-4H2,(H,9,10)(H2,7,11,12). The zero-order valence-corrected chi connectivity index (χ0v) is 8.24. The Morgan fingerprint density at radius 3 is 2.64 bits per heavy atom. The number of hydrogen-bond donors (Lipinski definition) is 2. The van der Waals surface area contributed by atoms with E-state index < -0.39 is 22.8 Å². The second kappa shape index (κ2) is 4.22. The van der Waals surface area contributed by atoms with Gasteiger partial charge in [-0.1, -0.05) is 0 Å². The summed E-state index contributed by atoms with van der Waals surface area (Å²) in [6, 6.07) is -0.315. The molecule has 1 aliphatic rings. The van der Waals surface area contributed by atoms with Gasteiger partial charge in [-0.05, 0) is 6.42 Å². The third-order valence-electron chi connectivity index (χ3n) is 1.95. The molecular weight excluding hydrogens is 212 g/mol. The molecule has 1 fully saturated rings. The second-order valence-corrected chi connectivity index (χ2v) is 4.51. The molecule has 3 N–H and O–H groups in total. The predicted octanol–water partition coefficient (Wildman–Crippen LogP) is -1.63. The monoisotopic (exact) mass is 224 g/mol. The van der Waals surface area contributed by atoms with Crippen LogP contribution in [0, 0.1) is 0 Å². The maximum Gasteiger partial charge on any atom is 0.329 e. The number of nitrogens with two attached hydrogens (primary N) is 1. The van der Waals surface area contributed by atoms with Gasteiger partial charge in [0, 0.05) is 6.54 Å². The number of carbonyl (C=O) groups is 1. The van der Waals surface area contributed by atoms with Crippen molar-refractivity contribution in [3.8, 4) is 0 Å². The number of carboxylic acids is 1. The predicted molar refractivity (Wildman–Crippen MR) is 46.7 cm³/mol. The van der Waals surface area contributed by atoms with Crippen LogP contribution in [0.1, 0.15) is 6.42 Å². The molecule has 82 valence electrons. The van der Waals surface area contributed by atoms with E-state index in [0.29, 0.717) is 13.0 Å². The zero-order valence-electron chi connectivity index (χ0n) is 7.42. The van der Waals surface area contributed by atoms with Crippen LogP contribution >= 0.6 is 0 Å². The van der Waals surface area contributed by atoms with Crippen molar-refractivity contribution in [1.29, 1.82) is 0 Å². The van der Waals surface area contributed by atoms with Gasteiger partial charge in [0.15, 0.2) is 0 Å². The smallest absolute Gasteiger partial charge is 0.329 e. The quantitative estimate of drug-likeness (QED) is 0.582. The number of aliphatic carboxylic acids is 1. The average molecular weight is 224 g/mol. The Hall–Kier alpha value is -0.700. The largest absolute Gasteiger partial charge is 0.480 e. The highest BCUT2D eigenvalue weighted by molar-refractivity contribution is 7.86. The molecule has 0 amide bonds. The van der Waals surface area contributed by atoms with Crippen LogP contribution in [-0.2, 0) is 19.7 Å². The Kier molecular flexibility index (Phi) is 3.43. The van der Waals surface area contributed by atoms with Crippen molar-refractivity contribution in [2.75, 3.05) is 19.8 Å². The molecule has 14 heavy (non-hydrogen) atoms. The lowest BCUT2D eigenvalue weighted by Crippen LogP contribution is -2.55. The Bertz CT molecular complexity index is 314. The molecule has 1 heterocycles. The second-order valence-electron chi connectivity index (χ2n) is 3.01. The summed E-state index contributed by atoms with van der Waals surface area (Å²) < 4.78 is 27.6. The lowest BCUT2D eigenvalue weighted by molar-refractivity contribution is -0.143. The number of rotatable bonds is 5. The molecule has 1 saturated heterocycles. The van der Waals surface area contributed by atoms with E-state index in [0.717, 1.165) is 4.31 Å². The van der Waals surface area contributed by atoms with Crippen LogP contribution in [0.5, 0.6) is 0 Å². The number of hydrogen-bond acceptors (Lipinski definition) is 4. The summed E-state index contributed by atoms with van der Waals surface area (Å²) in [5.74, 6) is -1.08. The van der Waals surface area contributed by atoms with Crippen LogP contribution in [0.4, 0.5) is 0 Å². The molecule has 0 aromatic carbocycles. The van der Waals surface area contributed by atoms with Crippen molar-refractivity contribution < 1.29 is 23.1 Å². The third kappa shape index (κ3) is 2.91. The van der Waals surface area contributed by atoms with Gasteiger partial charge in [0.2, 0.25) is 0 Å². The lowest BCUT2D eigenvalue weighted by Gasteiger charge is -2.37. The van der Waals surface area contributed by atoms with Gasteiger partial charge >= 0.3 is 5.97 Å². The molecule has 1 rings (SSSR count). The van der Waals surface area contributed by atoms with Crippen molar-refractivity contribution in [2.45, 2.75) is 12.5 Å². The molecule has 0 spiro atoms. The highest BCUT2D eigenvalue weighted by atomic mass is 32.2. The Morgan fingerprint density at radius 2 is 2.29 bits per heavy atom. The van der Waals surface area contributed by atoms with Gasteiger partial charge in [0.1, 0.15) is 6.61 Å². The molecular formula is C6H12N2O5S. The number of carboxylic acid groups (broad SMARTS) is 1. The van der Waals surface area contributed by atoms with E-state index in [1.807, 2.05) is 0 Å². The summed E-state index contributed by atoms with van der Waals surface area (Å²) in [7, 11) is -3.66. The fourth-order valence-electron chi connectivity index (χ4n) is 1.20. The lowest BCUT2D eigenvalue weighted by atomic mass is 10.1. The molecule has 1 atom stereocenters. The van der Waals surface area contributed by atoms with Gasteiger partial charge in [0.25, 0.3) is 10.2 Å². The van der Waals surface area contributed by atoms with Gasteiger partial charge in [-0.2, -0.15) is 12.7 Å². The zero-order chi connectivity index (χ0) is 10.8. The minimum atomic E-state index is -3.66. The van der Waals surface area contributed by atoms with E-state index in [2.05, 4.69) is 0 Å². The van der Waals surface area contributed by atoms with E-state index in [1.165, 1.54) is 0 Å². The highest BCUT2D eigenvalue weighted by Gasteiger charge is 2.35. The summed E-state index contributed by atoms with van der Waals surface area (Å²) in [6.45, 7) is 0.0254. The van der Waals surface area contributed by atoms with E-state index in [4.69, 9.17) is 15.0 Å². The van der Waals surface area contributed by atoms with Crippen molar-refractivity contribution in [3.63, 3.8) is 0 Å². The first kappa shape index (κ1) is 11.4. The minimum Gasteiger partial charge on any atom is -0.480 e. The molecule has 1 aliphatic heterocycles. The SMILES string of the molecule is NS(=O)(=O)N1CCC1COCC(=O)O. The van der Waals surface area contributed by atoms with Crippen molar-refractivity contribution >= 4 is 16.2 Å². The first-order valence-electron chi connectivity index (χ1n) is 4.00. The number of ether oxygens (including phenoxy) is 1. The number of nitrogens with zero attached hydrogens (tertiary/aromatic N) is 1. The molecule has 0 saturated carbocycles. The van der Waals surface area contributed by atoms with Crippen LogP contribution in [0.15, 0.2) is 0 Å². The maximum atomic E-state index is 10.9. The molecule has 1 unspecified atom stereocenters. The van der Waals surface area contributed by atoms with Gasteiger partial charge in [-0.15, -0.1) is 0 Å². The maximum absolute atomic E-state index is 10.9. The minimum absolute atomic E-state index is 0.0722. The van der Waals surface area contributed by atoms with Crippen LogP contribution in [-0.4, -0.2) is 49.6 Å². The highest BCUT2D eigenvalue weighted by Crippen LogP contribution is 2.19. The van der Waals surface area contributed by atoms with E-state index in [1.54, 1.807) is 0 Å². The summed E-state index contributed by atoms with van der Waals surface area (Å²) in [6.07, 6.45) is 0.649.